The molecule has 0 fully saturated rings. The van der Waals surface area contributed by atoms with Gasteiger partial charge in [-0.2, -0.15) is 0 Å². The molecule has 3 heteroatoms. The van der Waals surface area contributed by atoms with Crippen LogP contribution in [0.25, 0.3) is 0 Å². The molecule has 0 aliphatic carbocycles. The van der Waals surface area contributed by atoms with E-state index in [4.69, 9.17) is 0 Å². The van der Waals surface area contributed by atoms with Gasteiger partial charge in [-0.05, 0) is 6.92 Å². The molecule has 0 aromatic carbocycles. The van der Waals surface area contributed by atoms with E-state index < -0.39 is 0 Å². The molecule has 44 valence electrons. The minimum Gasteiger partial charge on any atom is -0.463 e. The maximum absolute atomic E-state index is 10.1. The second-order valence-corrected chi connectivity index (χ2v) is 0.956. The number of hydrogen-bond donors (Lipinski definition) is 0. The molecule has 2 nitrogen and oxygen atoms in total. The van der Waals surface area contributed by atoms with Gasteiger partial charge >= 0.3 is 5.97 Å². The van der Waals surface area contributed by atoms with Crippen molar-refractivity contribution in [1.29, 1.82) is 0 Å². The molecule has 0 saturated carbocycles. The molecule has 0 atom stereocenters. The SMILES string of the molecule is C=CC(=O)OCC.[Ti]. The van der Waals surface area contributed by atoms with Crippen LogP contribution in [0.5, 0.6) is 0 Å². The first-order valence-electron chi connectivity index (χ1n) is 2.10. The van der Waals surface area contributed by atoms with Crippen LogP contribution in [0.4, 0.5) is 0 Å². The van der Waals surface area contributed by atoms with Crippen molar-refractivity contribution in [2.24, 2.45) is 0 Å². The predicted molar refractivity (Wildman–Crippen MR) is 26.8 cm³/mol. The van der Waals surface area contributed by atoms with E-state index in [9.17, 15) is 4.79 Å². The molecular weight excluding hydrogens is 140 g/mol. The Morgan fingerprint density at radius 3 is 2.50 bits per heavy atom. The Kier molecular flexibility index (Phi) is 9.37. The van der Waals surface area contributed by atoms with Crippen LogP contribution >= 0.6 is 0 Å². The quantitative estimate of drug-likeness (QED) is 0.328. The molecule has 0 spiro atoms. The van der Waals surface area contributed by atoms with E-state index in [1.54, 1.807) is 6.92 Å². The number of esters is 1. The smallest absolute Gasteiger partial charge is 0.330 e. The van der Waals surface area contributed by atoms with E-state index in [0.717, 1.165) is 6.08 Å². The van der Waals surface area contributed by atoms with Crippen molar-refractivity contribution < 1.29 is 31.2 Å². The zero-order chi connectivity index (χ0) is 5.70. The fourth-order valence-corrected chi connectivity index (χ4v) is 0.201. The molecular formula is C5H8O2Ti. The molecule has 0 aromatic heterocycles. The number of rotatable bonds is 2. The average molecular weight is 148 g/mol. The number of hydrogen-bond acceptors (Lipinski definition) is 2. The van der Waals surface area contributed by atoms with Gasteiger partial charge in [0, 0.05) is 27.8 Å². The summed E-state index contributed by atoms with van der Waals surface area (Å²) in [6.45, 7) is 5.38. The van der Waals surface area contributed by atoms with E-state index in [2.05, 4.69) is 11.3 Å². The van der Waals surface area contributed by atoms with E-state index >= 15 is 0 Å². The van der Waals surface area contributed by atoms with Gasteiger partial charge in [-0.1, -0.05) is 6.58 Å². The van der Waals surface area contributed by atoms with Crippen molar-refractivity contribution in [2.45, 2.75) is 6.92 Å². The van der Waals surface area contributed by atoms with Crippen molar-refractivity contribution in [3.8, 4) is 0 Å². The van der Waals surface area contributed by atoms with Gasteiger partial charge in [-0.15, -0.1) is 0 Å². The van der Waals surface area contributed by atoms with E-state index in [0.29, 0.717) is 6.61 Å². The first-order chi connectivity index (χ1) is 3.31. The summed E-state index contributed by atoms with van der Waals surface area (Å²) in [6.07, 6.45) is 1.14. The summed E-state index contributed by atoms with van der Waals surface area (Å²) in [7, 11) is 0. The summed E-state index contributed by atoms with van der Waals surface area (Å²) in [4.78, 5) is 10.1. The predicted octanol–water partition coefficient (Wildman–Crippen LogP) is 0.733. The van der Waals surface area contributed by atoms with Crippen LogP contribution in [0.3, 0.4) is 0 Å². The summed E-state index contributed by atoms with van der Waals surface area (Å²) >= 11 is 0. The van der Waals surface area contributed by atoms with Crippen LogP contribution in [0, 0.1) is 0 Å². The Labute approximate surface area is 63.8 Å². The van der Waals surface area contributed by atoms with Crippen LogP contribution in [0.2, 0.25) is 0 Å². The molecule has 0 N–H and O–H groups in total. The minimum absolute atomic E-state index is 0. The Balaban J connectivity index is 0. The molecule has 0 amide bonds. The number of ether oxygens (including phenoxy) is 1. The Morgan fingerprint density at radius 2 is 2.38 bits per heavy atom. The third-order valence-corrected chi connectivity index (χ3v) is 0.453. The first-order valence-corrected chi connectivity index (χ1v) is 2.10. The van der Waals surface area contributed by atoms with Crippen LogP contribution < -0.4 is 0 Å². The van der Waals surface area contributed by atoms with E-state index in [1.807, 2.05) is 0 Å². The van der Waals surface area contributed by atoms with Gasteiger partial charge in [0.05, 0.1) is 6.61 Å². The third-order valence-electron chi connectivity index (χ3n) is 0.453. The van der Waals surface area contributed by atoms with Crippen molar-refractivity contribution in [3.63, 3.8) is 0 Å². The summed E-state index contributed by atoms with van der Waals surface area (Å²) < 4.78 is 4.43. The van der Waals surface area contributed by atoms with Crippen molar-refractivity contribution in [1.82, 2.24) is 0 Å². The molecule has 8 heavy (non-hydrogen) atoms. The molecule has 0 rings (SSSR count). The van der Waals surface area contributed by atoms with Gasteiger partial charge in [-0.25, -0.2) is 4.79 Å². The molecule has 0 bridgehead atoms. The third kappa shape index (κ3) is 5.92. The van der Waals surface area contributed by atoms with Gasteiger partial charge in [0.2, 0.25) is 0 Å². The second-order valence-electron chi connectivity index (χ2n) is 0.956. The van der Waals surface area contributed by atoms with E-state index in [1.165, 1.54) is 0 Å². The van der Waals surface area contributed by atoms with Gasteiger partial charge in [0.25, 0.3) is 0 Å². The van der Waals surface area contributed by atoms with Crippen LogP contribution in [0.1, 0.15) is 6.92 Å². The van der Waals surface area contributed by atoms with Crippen LogP contribution in [-0.2, 0) is 31.2 Å². The molecule has 0 aliphatic rings. The second kappa shape index (κ2) is 6.92. The zero-order valence-corrected chi connectivity index (χ0v) is 6.37. The maximum Gasteiger partial charge on any atom is 0.330 e. The standard InChI is InChI=1S/C5H8O2.Ti/c1-3-5(6)7-4-2;/h3H,1,4H2,2H3;. The average Bonchev–Trinajstić information content (AvgIpc) is 1.68. The molecule has 0 radical (unpaired) electrons. The fourth-order valence-electron chi connectivity index (χ4n) is 0.201. The summed E-state index contributed by atoms with van der Waals surface area (Å²) in [5.41, 5.74) is 0. The molecule has 0 saturated heterocycles. The fraction of sp³-hybridized carbons (Fsp3) is 0.400. The largest absolute Gasteiger partial charge is 0.463 e. The topological polar surface area (TPSA) is 26.3 Å². The summed E-state index contributed by atoms with van der Waals surface area (Å²) in [6, 6.07) is 0. The Hall–Kier alpha value is -0.0757. The van der Waals surface area contributed by atoms with E-state index in [-0.39, 0.29) is 27.7 Å². The summed E-state index contributed by atoms with van der Waals surface area (Å²) in [5.74, 6) is -0.359. The van der Waals surface area contributed by atoms with Gasteiger partial charge in [-0.3, -0.25) is 0 Å². The first kappa shape index (κ1) is 10.8. The zero-order valence-electron chi connectivity index (χ0n) is 4.81. The van der Waals surface area contributed by atoms with Gasteiger partial charge in [0.15, 0.2) is 0 Å². The molecule has 0 heterocycles. The number of carbonyl (C=O) groups excluding carboxylic acids is 1. The minimum atomic E-state index is -0.359. The van der Waals surface area contributed by atoms with Crippen LogP contribution in [-0.4, -0.2) is 12.6 Å². The van der Waals surface area contributed by atoms with Gasteiger partial charge in [0.1, 0.15) is 0 Å². The van der Waals surface area contributed by atoms with Gasteiger partial charge < -0.3 is 4.74 Å². The van der Waals surface area contributed by atoms with Crippen molar-refractivity contribution in [2.75, 3.05) is 6.61 Å². The maximum atomic E-state index is 10.1. The summed E-state index contributed by atoms with van der Waals surface area (Å²) in [5, 5.41) is 0. The normalized spacial score (nSPS) is 6.62. The molecule has 0 unspecified atom stereocenters. The Morgan fingerprint density at radius 1 is 1.88 bits per heavy atom. The Bertz CT molecular complexity index is 80.5. The molecule has 0 aromatic rings. The van der Waals surface area contributed by atoms with Crippen molar-refractivity contribution >= 4 is 5.97 Å². The van der Waals surface area contributed by atoms with Crippen molar-refractivity contribution in [3.05, 3.63) is 12.7 Å². The molecule has 0 aliphatic heterocycles. The van der Waals surface area contributed by atoms with Crippen LogP contribution in [0.15, 0.2) is 12.7 Å². The monoisotopic (exact) mass is 148 g/mol. The number of carbonyl (C=O) groups is 1.